The van der Waals surface area contributed by atoms with Crippen molar-refractivity contribution in [1.82, 2.24) is 9.88 Å². The average molecular weight is 503 g/mol. The molecular weight excluding hydrogens is 483 g/mol. The van der Waals surface area contributed by atoms with Crippen molar-refractivity contribution in [2.75, 3.05) is 14.2 Å². The van der Waals surface area contributed by atoms with Gasteiger partial charge in [-0.2, -0.15) is 0 Å². The number of ether oxygens (including phenoxy) is 2. The molecule has 0 bridgehead atoms. The lowest BCUT2D eigenvalue weighted by molar-refractivity contribution is 0.0770. The summed E-state index contributed by atoms with van der Waals surface area (Å²) in [6, 6.07) is 14.5. The molecule has 170 valence electrons. The summed E-state index contributed by atoms with van der Waals surface area (Å²) in [4.78, 5) is 18.8. The number of hydrogen-bond donors (Lipinski definition) is 0. The van der Waals surface area contributed by atoms with Crippen LogP contribution in [0, 0.1) is 0 Å². The monoisotopic (exact) mass is 502 g/mol. The quantitative estimate of drug-likeness (QED) is 0.272. The first-order valence-electron chi connectivity index (χ1n) is 9.93. The maximum atomic E-state index is 12.7. The summed E-state index contributed by atoms with van der Waals surface area (Å²) in [6.45, 7) is 0.682. The Morgan fingerprint density at radius 2 is 1.97 bits per heavy atom. The number of carbonyl (C=O) groups excluding carboxylic acids is 1. The molecule has 0 aliphatic rings. The van der Waals surface area contributed by atoms with Gasteiger partial charge in [0, 0.05) is 18.0 Å². The number of thiazole rings is 1. The van der Waals surface area contributed by atoms with E-state index < -0.39 is 0 Å². The van der Waals surface area contributed by atoms with Crippen molar-refractivity contribution in [1.29, 1.82) is 0 Å². The fraction of sp³-hybridized carbons (Fsp3) is 0.167. The molecule has 2 aromatic heterocycles. The van der Waals surface area contributed by atoms with Crippen LogP contribution in [0.5, 0.6) is 11.5 Å². The second-order valence-corrected chi connectivity index (χ2v) is 8.85. The third-order valence-corrected chi connectivity index (χ3v) is 6.46. The van der Waals surface area contributed by atoms with Gasteiger partial charge in [0.05, 0.1) is 30.0 Å². The van der Waals surface area contributed by atoms with Crippen LogP contribution in [0.2, 0.25) is 10.0 Å². The molecule has 0 atom stereocenters. The lowest BCUT2D eigenvalue weighted by Gasteiger charge is -2.14. The molecule has 0 unspecified atom stereocenters. The van der Waals surface area contributed by atoms with E-state index in [0.29, 0.717) is 51.2 Å². The van der Waals surface area contributed by atoms with E-state index in [1.54, 1.807) is 48.9 Å². The number of furan rings is 1. The number of hydrogen-bond acceptors (Lipinski definition) is 6. The largest absolute Gasteiger partial charge is 0.493 e. The molecule has 2 heterocycles. The van der Waals surface area contributed by atoms with Crippen LogP contribution in [0.1, 0.15) is 21.8 Å². The topological polar surface area (TPSA) is 64.8 Å². The van der Waals surface area contributed by atoms with E-state index in [4.69, 9.17) is 37.1 Å². The van der Waals surface area contributed by atoms with Gasteiger partial charge in [0.25, 0.3) is 5.91 Å². The maximum absolute atomic E-state index is 12.7. The van der Waals surface area contributed by atoms with Crippen LogP contribution >= 0.6 is 34.5 Å². The number of halogens is 2. The Morgan fingerprint density at radius 1 is 1.12 bits per heavy atom. The fourth-order valence-corrected chi connectivity index (χ4v) is 4.23. The van der Waals surface area contributed by atoms with Crippen molar-refractivity contribution in [3.05, 3.63) is 87.2 Å². The van der Waals surface area contributed by atoms with E-state index in [1.807, 2.05) is 30.3 Å². The van der Waals surface area contributed by atoms with Crippen molar-refractivity contribution in [2.24, 2.45) is 0 Å². The summed E-state index contributed by atoms with van der Waals surface area (Å²) >= 11 is 13.4. The summed E-state index contributed by atoms with van der Waals surface area (Å²) in [5.41, 5.74) is 2.09. The normalized spacial score (nSPS) is 10.8. The summed E-state index contributed by atoms with van der Waals surface area (Å²) in [5, 5.41) is 3.43. The third-order valence-electron chi connectivity index (χ3n) is 4.83. The molecular formula is C24H20Cl2N2O4S. The maximum Gasteiger partial charge on any atom is 0.273 e. The van der Waals surface area contributed by atoms with Crippen molar-refractivity contribution in [3.8, 4) is 22.1 Å². The van der Waals surface area contributed by atoms with Crippen LogP contribution < -0.4 is 9.47 Å². The highest BCUT2D eigenvalue weighted by molar-refractivity contribution is 7.13. The van der Waals surface area contributed by atoms with Gasteiger partial charge in [-0.25, -0.2) is 4.98 Å². The van der Waals surface area contributed by atoms with Gasteiger partial charge in [-0.1, -0.05) is 29.3 Å². The highest BCUT2D eigenvalue weighted by atomic mass is 35.5. The van der Waals surface area contributed by atoms with Crippen LogP contribution in [0.25, 0.3) is 10.6 Å². The predicted octanol–water partition coefficient (Wildman–Crippen LogP) is 6.57. The van der Waals surface area contributed by atoms with E-state index in [1.165, 1.54) is 11.3 Å². The Labute approximate surface area is 205 Å². The van der Waals surface area contributed by atoms with Crippen molar-refractivity contribution >= 4 is 40.4 Å². The van der Waals surface area contributed by atoms with Crippen LogP contribution in [0.3, 0.4) is 0 Å². The molecule has 9 heteroatoms. The molecule has 0 aliphatic carbocycles. The zero-order chi connectivity index (χ0) is 23.4. The van der Waals surface area contributed by atoms with E-state index in [9.17, 15) is 4.79 Å². The summed E-state index contributed by atoms with van der Waals surface area (Å²) in [6.07, 6.45) is 1.58. The summed E-state index contributed by atoms with van der Waals surface area (Å²) < 4.78 is 16.7. The highest BCUT2D eigenvalue weighted by Gasteiger charge is 2.18. The van der Waals surface area contributed by atoms with Crippen molar-refractivity contribution in [2.45, 2.75) is 13.2 Å². The number of benzene rings is 2. The first-order chi connectivity index (χ1) is 15.9. The molecule has 0 N–H and O–H groups in total. The Kier molecular flexibility index (Phi) is 7.23. The Hall–Kier alpha value is -3.00. The van der Waals surface area contributed by atoms with Crippen molar-refractivity contribution in [3.63, 3.8) is 0 Å². The van der Waals surface area contributed by atoms with Gasteiger partial charge in [0.1, 0.15) is 23.1 Å². The average Bonchev–Trinajstić information content (AvgIpc) is 3.51. The van der Waals surface area contributed by atoms with Gasteiger partial charge in [-0.05, 0) is 48.0 Å². The lowest BCUT2D eigenvalue weighted by atomic mass is 10.2. The van der Waals surface area contributed by atoms with Gasteiger partial charge in [-0.3, -0.25) is 4.79 Å². The Morgan fingerprint density at radius 3 is 2.70 bits per heavy atom. The van der Waals surface area contributed by atoms with Crippen LogP contribution in [0.15, 0.2) is 64.6 Å². The molecule has 33 heavy (non-hydrogen) atoms. The molecule has 1 amide bonds. The van der Waals surface area contributed by atoms with E-state index >= 15 is 0 Å². The smallest absolute Gasteiger partial charge is 0.273 e. The Balaban J connectivity index is 1.46. The SMILES string of the molecule is COc1cc(-c2nc(C(=O)N(C)Cc3ccco3)cs2)ccc1OCc1ccc(Cl)c(Cl)c1. The first-order valence-corrected chi connectivity index (χ1v) is 11.6. The van der Waals surface area contributed by atoms with Gasteiger partial charge in [0.2, 0.25) is 0 Å². The predicted molar refractivity (Wildman–Crippen MR) is 129 cm³/mol. The van der Waals surface area contributed by atoms with Crippen LogP contribution in [-0.2, 0) is 13.2 Å². The molecule has 4 aromatic rings. The molecule has 2 aromatic carbocycles. The first kappa shape index (κ1) is 23.2. The van der Waals surface area contributed by atoms with Crippen molar-refractivity contribution < 1.29 is 18.7 Å². The van der Waals surface area contributed by atoms with Gasteiger partial charge in [-0.15, -0.1) is 11.3 Å². The minimum Gasteiger partial charge on any atom is -0.493 e. The zero-order valence-corrected chi connectivity index (χ0v) is 20.2. The van der Waals surface area contributed by atoms with E-state index in [0.717, 1.165) is 11.1 Å². The minimum absolute atomic E-state index is 0.178. The number of aromatic nitrogens is 1. The lowest BCUT2D eigenvalue weighted by Crippen LogP contribution is -2.26. The number of carbonyl (C=O) groups is 1. The molecule has 4 rings (SSSR count). The number of nitrogens with zero attached hydrogens (tertiary/aromatic N) is 2. The zero-order valence-electron chi connectivity index (χ0n) is 17.9. The second kappa shape index (κ2) is 10.3. The molecule has 0 spiro atoms. The standard InChI is InChI=1S/C24H20Cl2N2O4S/c1-28(12-17-4-3-9-31-17)24(29)20-14-33-23(27-20)16-6-8-21(22(11-16)30-2)32-13-15-5-7-18(25)19(26)10-15/h3-11,14H,12-13H2,1-2H3. The minimum atomic E-state index is -0.178. The number of methoxy groups -OCH3 is 1. The van der Waals surface area contributed by atoms with E-state index in [-0.39, 0.29) is 5.91 Å². The van der Waals surface area contributed by atoms with Gasteiger partial charge in [0.15, 0.2) is 11.5 Å². The molecule has 0 saturated heterocycles. The van der Waals surface area contributed by atoms with Crippen LogP contribution in [-0.4, -0.2) is 29.9 Å². The molecule has 6 nitrogen and oxygen atoms in total. The molecule has 0 radical (unpaired) electrons. The summed E-state index contributed by atoms with van der Waals surface area (Å²) in [7, 11) is 3.29. The fourth-order valence-electron chi connectivity index (χ4n) is 3.12. The third kappa shape index (κ3) is 5.50. The Bertz CT molecular complexity index is 1260. The highest BCUT2D eigenvalue weighted by Crippen LogP contribution is 2.34. The second-order valence-electron chi connectivity index (χ2n) is 7.18. The van der Waals surface area contributed by atoms with E-state index in [2.05, 4.69) is 4.98 Å². The number of rotatable bonds is 8. The summed E-state index contributed by atoms with van der Waals surface area (Å²) in [5.74, 6) is 1.67. The molecule has 0 aliphatic heterocycles. The number of amides is 1. The van der Waals surface area contributed by atoms with Gasteiger partial charge >= 0.3 is 0 Å². The van der Waals surface area contributed by atoms with Crippen LogP contribution in [0.4, 0.5) is 0 Å². The molecule has 0 fully saturated rings. The molecule has 0 saturated carbocycles. The van der Waals surface area contributed by atoms with Gasteiger partial charge < -0.3 is 18.8 Å².